The molecule has 0 spiro atoms. The number of nitrogens with one attached hydrogen (secondary N) is 2. The zero-order valence-corrected chi connectivity index (χ0v) is 16.3. The van der Waals surface area contributed by atoms with Gasteiger partial charge in [-0.25, -0.2) is 19.6 Å². The Labute approximate surface area is 154 Å². The van der Waals surface area contributed by atoms with Gasteiger partial charge in [-0.15, -0.1) is 0 Å². The van der Waals surface area contributed by atoms with Crippen molar-refractivity contribution in [1.82, 2.24) is 30.4 Å². The molecule has 1 unspecified atom stereocenters. The van der Waals surface area contributed by atoms with E-state index in [1.807, 2.05) is 11.6 Å². The normalized spacial score (nSPS) is 17.9. The highest BCUT2D eigenvalue weighted by Crippen LogP contribution is 2.22. The van der Waals surface area contributed by atoms with Gasteiger partial charge in [0.25, 0.3) is 0 Å². The maximum absolute atomic E-state index is 5.82. The molecule has 8 nitrogen and oxygen atoms in total. The summed E-state index contributed by atoms with van der Waals surface area (Å²) in [5.41, 5.74) is -0.0482. The fraction of sp³-hybridized carbons (Fsp3) is 0.667. The van der Waals surface area contributed by atoms with Crippen molar-refractivity contribution in [3.8, 4) is 0 Å². The topological polar surface area (TPSA) is 93.2 Å². The highest BCUT2D eigenvalue weighted by molar-refractivity contribution is 5.80. The minimum atomic E-state index is -0.0482. The lowest BCUT2D eigenvalue weighted by atomic mass is 9.94. The second kappa shape index (κ2) is 7.47. The number of fused-ring (bicyclic) bond motifs is 1. The zero-order valence-electron chi connectivity index (χ0n) is 16.3. The van der Waals surface area contributed by atoms with E-state index in [0.717, 1.165) is 49.3 Å². The van der Waals surface area contributed by atoms with E-state index < -0.39 is 0 Å². The summed E-state index contributed by atoms with van der Waals surface area (Å²) in [7, 11) is 0. The smallest absolute Gasteiger partial charge is 0.216 e. The number of hydrogen-bond acceptors (Lipinski definition) is 5. The van der Waals surface area contributed by atoms with Crippen molar-refractivity contribution in [2.75, 3.05) is 6.54 Å². The molecule has 2 aromatic heterocycles. The Balaban J connectivity index is 1.63. The molecule has 3 rings (SSSR count). The van der Waals surface area contributed by atoms with Gasteiger partial charge in [0.1, 0.15) is 24.0 Å². The van der Waals surface area contributed by atoms with Crippen LogP contribution in [0.4, 0.5) is 0 Å². The van der Waals surface area contributed by atoms with Gasteiger partial charge in [-0.1, -0.05) is 20.8 Å². The first-order valence-corrected chi connectivity index (χ1v) is 9.25. The van der Waals surface area contributed by atoms with Crippen molar-refractivity contribution in [2.24, 2.45) is 4.99 Å². The molecule has 1 aliphatic heterocycles. The number of nitrogens with zero attached hydrogens (tertiary/aromatic N) is 5. The average molecular weight is 359 g/mol. The molecule has 8 heteroatoms. The summed E-state index contributed by atoms with van der Waals surface area (Å²) in [4.78, 5) is 13.4. The molecule has 1 atom stereocenters. The third-order valence-corrected chi connectivity index (χ3v) is 4.31. The molecule has 0 saturated carbocycles. The van der Waals surface area contributed by atoms with Gasteiger partial charge in [-0.3, -0.25) is 0 Å². The van der Waals surface area contributed by atoms with Gasteiger partial charge in [0.05, 0.1) is 12.7 Å². The predicted molar refractivity (Wildman–Crippen MR) is 100 cm³/mol. The number of aryl methyl sites for hydroxylation is 2. The van der Waals surface area contributed by atoms with E-state index in [9.17, 15) is 0 Å². The lowest BCUT2D eigenvalue weighted by Gasteiger charge is -2.25. The maximum atomic E-state index is 5.82. The Morgan fingerprint density at radius 3 is 2.92 bits per heavy atom. The van der Waals surface area contributed by atoms with Crippen molar-refractivity contribution in [2.45, 2.75) is 72.0 Å². The highest BCUT2D eigenvalue weighted by atomic mass is 16.4. The Bertz CT molecular complexity index is 769. The second-order valence-electron chi connectivity index (χ2n) is 7.70. The van der Waals surface area contributed by atoms with E-state index in [2.05, 4.69) is 58.4 Å². The largest absolute Gasteiger partial charge is 0.443 e. The lowest BCUT2D eigenvalue weighted by Crippen LogP contribution is -2.47. The Morgan fingerprint density at radius 1 is 1.42 bits per heavy atom. The van der Waals surface area contributed by atoms with Crippen LogP contribution in [0, 0.1) is 6.92 Å². The fourth-order valence-corrected chi connectivity index (χ4v) is 2.94. The summed E-state index contributed by atoms with van der Waals surface area (Å²) in [6, 6.07) is 0.274. The Morgan fingerprint density at radius 2 is 2.23 bits per heavy atom. The molecule has 0 radical (unpaired) electrons. The molecule has 0 aromatic carbocycles. The van der Waals surface area contributed by atoms with Gasteiger partial charge < -0.3 is 15.1 Å². The lowest BCUT2D eigenvalue weighted by molar-refractivity contribution is 0.381. The molecule has 26 heavy (non-hydrogen) atoms. The van der Waals surface area contributed by atoms with Crippen LogP contribution in [0.1, 0.15) is 57.4 Å². The summed E-state index contributed by atoms with van der Waals surface area (Å²) in [6.45, 7) is 12.3. The third-order valence-electron chi connectivity index (χ3n) is 4.31. The summed E-state index contributed by atoms with van der Waals surface area (Å²) < 4.78 is 7.81. The van der Waals surface area contributed by atoms with E-state index >= 15 is 0 Å². The first-order valence-electron chi connectivity index (χ1n) is 9.25. The first-order chi connectivity index (χ1) is 12.3. The SMILES string of the molecule is CCNC(=NCc1ncc(C(C)(C)C)o1)NC1CCc2nc(C)nn2C1. The van der Waals surface area contributed by atoms with Crippen LogP contribution in [0.5, 0.6) is 0 Å². The number of hydrogen-bond donors (Lipinski definition) is 2. The molecule has 1 aliphatic rings. The van der Waals surface area contributed by atoms with Gasteiger partial charge >= 0.3 is 0 Å². The summed E-state index contributed by atoms with van der Waals surface area (Å²) in [6.07, 6.45) is 3.73. The van der Waals surface area contributed by atoms with Crippen molar-refractivity contribution in [1.29, 1.82) is 0 Å². The molecule has 0 fully saturated rings. The Hall–Kier alpha value is -2.38. The second-order valence-corrected chi connectivity index (χ2v) is 7.70. The molecular weight excluding hydrogens is 330 g/mol. The minimum Gasteiger partial charge on any atom is -0.443 e. The van der Waals surface area contributed by atoms with E-state index in [-0.39, 0.29) is 11.5 Å². The summed E-state index contributed by atoms with van der Waals surface area (Å²) >= 11 is 0. The van der Waals surface area contributed by atoms with E-state index in [1.54, 1.807) is 6.20 Å². The predicted octanol–water partition coefficient (Wildman–Crippen LogP) is 1.94. The number of guanidine groups is 1. The van der Waals surface area contributed by atoms with Crippen molar-refractivity contribution in [3.05, 3.63) is 29.5 Å². The van der Waals surface area contributed by atoms with Crippen molar-refractivity contribution < 1.29 is 4.42 Å². The van der Waals surface area contributed by atoms with Crippen LogP contribution in [0.25, 0.3) is 0 Å². The molecule has 0 amide bonds. The van der Waals surface area contributed by atoms with E-state index in [1.165, 1.54) is 0 Å². The first kappa shape index (κ1) is 18.4. The van der Waals surface area contributed by atoms with Crippen LogP contribution in [0.3, 0.4) is 0 Å². The maximum Gasteiger partial charge on any atom is 0.216 e. The molecular formula is C18H29N7O. The molecule has 2 N–H and O–H groups in total. The number of aromatic nitrogens is 4. The molecule has 142 valence electrons. The van der Waals surface area contributed by atoms with Crippen LogP contribution < -0.4 is 10.6 Å². The highest BCUT2D eigenvalue weighted by Gasteiger charge is 2.22. The van der Waals surface area contributed by atoms with Crippen LogP contribution >= 0.6 is 0 Å². The van der Waals surface area contributed by atoms with Crippen LogP contribution in [-0.2, 0) is 24.9 Å². The van der Waals surface area contributed by atoms with Crippen molar-refractivity contribution in [3.63, 3.8) is 0 Å². The summed E-state index contributed by atoms with van der Waals surface area (Å²) in [5, 5.41) is 11.2. The number of oxazole rings is 1. The standard InChI is InChI=1S/C18H29N7O/c1-6-19-17(21-10-16-20-9-14(26-16)18(3,4)5)23-13-7-8-15-22-12(2)24-25(15)11-13/h9,13H,6-8,10-11H2,1-5H3,(H2,19,21,23). The van der Waals surface area contributed by atoms with Gasteiger partial charge in [-0.05, 0) is 20.3 Å². The molecule has 0 aliphatic carbocycles. The monoisotopic (exact) mass is 359 g/mol. The van der Waals surface area contributed by atoms with Crippen LogP contribution in [0.15, 0.2) is 15.6 Å². The average Bonchev–Trinajstić information content (AvgIpc) is 3.17. The molecule has 0 bridgehead atoms. The van der Waals surface area contributed by atoms with Crippen LogP contribution in [0.2, 0.25) is 0 Å². The van der Waals surface area contributed by atoms with E-state index in [4.69, 9.17) is 4.42 Å². The van der Waals surface area contributed by atoms with Crippen LogP contribution in [-0.4, -0.2) is 38.3 Å². The number of rotatable bonds is 4. The van der Waals surface area contributed by atoms with Crippen molar-refractivity contribution >= 4 is 5.96 Å². The zero-order chi connectivity index (χ0) is 18.7. The van der Waals surface area contributed by atoms with Gasteiger partial charge in [-0.2, -0.15) is 5.10 Å². The third kappa shape index (κ3) is 4.42. The van der Waals surface area contributed by atoms with Gasteiger partial charge in [0.15, 0.2) is 5.96 Å². The van der Waals surface area contributed by atoms with Gasteiger partial charge in [0, 0.05) is 24.4 Å². The molecule has 0 saturated heterocycles. The quantitative estimate of drug-likeness (QED) is 0.640. The summed E-state index contributed by atoms with van der Waals surface area (Å²) in [5.74, 6) is 4.18. The molecule has 2 aromatic rings. The number of aliphatic imine (C=N–C) groups is 1. The van der Waals surface area contributed by atoms with E-state index in [0.29, 0.717) is 12.4 Å². The molecule has 3 heterocycles. The van der Waals surface area contributed by atoms with Gasteiger partial charge in [0.2, 0.25) is 5.89 Å². The fourth-order valence-electron chi connectivity index (χ4n) is 2.94. The minimum absolute atomic E-state index is 0.0482. The Kier molecular flexibility index (Phi) is 5.29.